The standard InChI is InChI=1S/C2HCl3O2.Eu/c3-2(4,5)1(6)7;/h(H,6,7);. The molecule has 6 heteroatoms. The molecule has 0 aliphatic heterocycles. The van der Waals surface area contributed by atoms with Crippen molar-refractivity contribution in [3.05, 3.63) is 0 Å². The van der Waals surface area contributed by atoms with Crippen molar-refractivity contribution in [1.82, 2.24) is 0 Å². The molecule has 0 aromatic carbocycles. The second kappa shape index (κ2) is 4.70. The van der Waals surface area contributed by atoms with Crippen LogP contribution in [0.4, 0.5) is 0 Å². The molecule has 0 bridgehead atoms. The number of rotatable bonds is 0. The van der Waals surface area contributed by atoms with Gasteiger partial charge in [-0.3, -0.25) is 0 Å². The quantitative estimate of drug-likeness (QED) is 0.687. The van der Waals surface area contributed by atoms with Crippen LogP contribution < -0.4 is 0 Å². The van der Waals surface area contributed by atoms with E-state index in [4.69, 9.17) is 39.9 Å². The van der Waals surface area contributed by atoms with Crippen LogP contribution in [0.15, 0.2) is 0 Å². The first-order valence-electron chi connectivity index (χ1n) is 1.24. The summed E-state index contributed by atoms with van der Waals surface area (Å²) in [5.41, 5.74) is 0. The number of halogens is 3. The van der Waals surface area contributed by atoms with Crippen molar-refractivity contribution in [2.75, 3.05) is 0 Å². The molecule has 2 nitrogen and oxygen atoms in total. The van der Waals surface area contributed by atoms with E-state index in [0.29, 0.717) is 0 Å². The summed E-state index contributed by atoms with van der Waals surface area (Å²) in [7, 11) is 0. The number of alkyl halides is 3. The normalized spacial score (nSPS) is 9.88. The van der Waals surface area contributed by atoms with Crippen molar-refractivity contribution in [3.8, 4) is 0 Å². The number of hydrogen-bond acceptors (Lipinski definition) is 1. The monoisotopic (exact) mass is 315 g/mol. The molecule has 0 aliphatic carbocycles. The fourth-order valence-electron chi connectivity index (χ4n) is 0. The summed E-state index contributed by atoms with van der Waals surface area (Å²) in [6.07, 6.45) is 0. The van der Waals surface area contributed by atoms with Crippen molar-refractivity contribution in [2.45, 2.75) is 3.79 Å². The minimum absolute atomic E-state index is 0. The van der Waals surface area contributed by atoms with Crippen LogP contribution in [0, 0.1) is 49.4 Å². The Hall–Kier alpha value is 1.92. The molecule has 0 heterocycles. The van der Waals surface area contributed by atoms with Gasteiger partial charge < -0.3 is 5.11 Å². The summed E-state index contributed by atoms with van der Waals surface area (Å²) in [5, 5.41) is 7.85. The van der Waals surface area contributed by atoms with Crippen LogP contribution in [0.25, 0.3) is 0 Å². The van der Waals surface area contributed by atoms with Gasteiger partial charge in [-0.05, 0) is 0 Å². The van der Waals surface area contributed by atoms with Gasteiger partial charge in [0.1, 0.15) is 0 Å². The Morgan fingerprint density at radius 1 is 1.38 bits per heavy atom. The van der Waals surface area contributed by atoms with Gasteiger partial charge in [-0.2, -0.15) is 0 Å². The second-order valence-corrected chi connectivity index (χ2v) is 3.08. The van der Waals surface area contributed by atoms with Crippen LogP contribution in [-0.2, 0) is 4.79 Å². The molecule has 8 heavy (non-hydrogen) atoms. The third-order valence-corrected chi connectivity index (χ3v) is 0.728. The molecule has 0 saturated heterocycles. The van der Waals surface area contributed by atoms with E-state index < -0.39 is 9.76 Å². The van der Waals surface area contributed by atoms with Crippen LogP contribution in [-0.4, -0.2) is 14.9 Å². The molecule has 0 amide bonds. The predicted octanol–water partition coefficient (Wildman–Crippen LogP) is 1.44. The van der Waals surface area contributed by atoms with Crippen molar-refractivity contribution in [2.24, 2.45) is 0 Å². The molecule has 1 radical (unpaired) electrons. The molecule has 0 saturated carbocycles. The molecule has 0 rings (SSSR count). The average Bonchev–Trinajstić information content (AvgIpc) is 1.31. The van der Waals surface area contributed by atoms with Crippen LogP contribution in [0.1, 0.15) is 0 Å². The Morgan fingerprint density at radius 2 is 1.50 bits per heavy atom. The number of carbonyl (C=O) groups is 1. The van der Waals surface area contributed by atoms with Crippen LogP contribution in [0.3, 0.4) is 0 Å². The van der Waals surface area contributed by atoms with Crippen LogP contribution in [0.2, 0.25) is 0 Å². The predicted molar refractivity (Wildman–Crippen MR) is 27.9 cm³/mol. The Morgan fingerprint density at radius 3 is 1.50 bits per heavy atom. The number of carboxylic acid groups (broad SMARTS) is 1. The Kier molecular flexibility index (Phi) is 7.39. The zero-order chi connectivity index (χ0) is 6.08. The van der Waals surface area contributed by atoms with E-state index in [1.807, 2.05) is 0 Å². The maximum Gasteiger partial charge on any atom is 0.356 e. The minimum Gasteiger partial charge on any atom is -0.478 e. The first-order chi connectivity index (χ1) is 2.94. The van der Waals surface area contributed by atoms with Gasteiger partial charge >= 0.3 is 5.97 Å². The molecule has 0 fully saturated rings. The Labute approximate surface area is 102 Å². The van der Waals surface area contributed by atoms with Crippen LogP contribution >= 0.6 is 34.8 Å². The third-order valence-electron chi connectivity index (χ3n) is 0.243. The van der Waals surface area contributed by atoms with Crippen molar-refractivity contribution in [3.63, 3.8) is 0 Å². The van der Waals surface area contributed by atoms with E-state index in [2.05, 4.69) is 0 Å². The fourth-order valence-corrected chi connectivity index (χ4v) is 0. The van der Waals surface area contributed by atoms with E-state index in [9.17, 15) is 4.79 Å². The molecule has 0 aromatic heterocycles. The summed E-state index contributed by atoms with van der Waals surface area (Å²) in [6, 6.07) is 0. The maximum atomic E-state index is 9.62. The van der Waals surface area contributed by atoms with E-state index in [1.165, 1.54) is 0 Å². The van der Waals surface area contributed by atoms with Gasteiger partial charge in [-0.1, -0.05) is 34.8 Å². The van der Waals surface area contributed by atoms with E-state index in [0.717, 1.165) is 0 Å². The molecule has 49 valence electrons. The zero-order valence-corrected chi connectivity index (χ0v) is 8.06. The van der Waals surface area contributed by atoms with Gasteiger partial charge in [0.15, 0.2) is 0 Å². The van der Waals surface area contributed by atoms with Gasteiger partial charge in [0.2, 0.25) is 0 Å². The summed E-state index contributed by atoms with van der Waals surface area (Å²) < 4.78 is -2.17. The average molecular weight is 315 g/mol. The molecule has 0 aliphatic rings. The zero-order valence-electron chi connectivity index (χ0n) is 3.37. The molecule has 0 aromatic rings. The molecule has 1 N–H and O–H groups in total. The van der Waals surface area contributed by atoms with Crippen molar-refractivity contribution in [1.29, 1.82) is 0 Å². The Bertz CT molecular complexity index is 87.8. The number of carboxylic acids is 1. The maximum absolute atomic E-state index is 9.62. The van der Waals surface area contributed by atoms with Crippen molar-refractivity contribution < 1.29 is 59.3 Å². The molecular formula is C2HCl3EuO2. The van der Waals surface area contributed by atoms with E-state index in [-0.39, 0.29) is 49.4 Å². The van der Waals surface area contributed by atoms with Gasteiger partial charge in [-0.25, -0.2) is 4.79 Å². The second-order valence-electron chi connectivity index (χ2n) is 0.803. The van der Waals surface area contributed by atoms with Gasteiger partial charge in [-0.15, -0.1) is 0 Å². The molecule has 0 spiro atoms. The van der Waals surface area contributed by atoms with Crippen molar-refractivity contribution >= 4 is 40.8 Å². The van der Waals surface area contributed by atoms with E-state index in [1.54, 1.807) is 0 Å². The molecular weight excluding hydrogens is 314 g/mol. The van der Waals surface area contributed by atoms with Gasteiger partial charge in [0, 0.05) is 49.4 Å². The summed E-state index contributed by atoms with van der Waals surface area (Å²) in [5.74, 6) is -1.46. The molecule has 0 atom stereocenters. The first kappa shape index (κ1) is 12.6. The van der Waals surface area contributed by atoms with Gasteiger partial charge in [0.25, 0.3) is 3.79 Å². The topological polar surface area (TPSA) is 37.3 Å². The fraction of sp³-hybridized carbons (Fsp3) is 0.500. The summed E-state index contributed by atoms with van der Waals surface area (Å²) >= 11 is 14.4. The first-order valence-corrected chi connectivity index (χ1v) is 2.38. The SMILES string of the molecule is O=C(O)C(Cl)(Cl)Cl.[Eu]. The Balaban J connectivity index is 0. The number of hydrogen-bond donors (Lipinski definition) is 1. The summed E-state index contributed by atoms with van der Waals surface area (Å²) in [6.45, 7) is 0. The van der Waals surface area contributed by atoms with E-state index >= 15 is 0 Å². The minimum atomic E-state index is -2.17. The molecule has 0 unspecified atom stereocenters. The van der Waals surface area contributed by atoms with Gasteiger partial charge in [0.05, 0.1) is 0 Å². The largest absolute Gasteiger partial charge is 0.478 e. The summed E-state index contributed by atoms with van der Waals surface area (Å²) in [4.78, 5) is 9.62. The number of aliphatic carboxylic acids is 1. The van der Waals surface area contributed by atoms with Crippen LogP contribution in [0.5, 0.6) is 0 Å². The smallest absolute Gasteiger partial charge is 0.356 e. The third kappa shape index (κ3) is 6.05.